The zero-order valence-electron chi connectivity index (χ0n) is 26.5. The van der Waals surface area contributed by atoms with Crippen LogP contribution in [0.4, 0.5) is 0 Å². The van der Waals surface area contributed by atoms with Gasteiger partial charge in [0.05, 0.1) is 0 Å². The molecule has 2 atom stereocenters. The van der Waals surface area contributed by atoms with Crippen molar-refractivity contribution in [1.29, 1.82) is 0 Å². The maximum Gasteiger partial charge on any atom is 0.120 e. The van der Waals surface area contributed by atoms with Gasteiger partial charge in [0.1, 0.15) is 17.2 Å². The average Bonchev–Trinajstić information content (AvgIpc) is 2.75. The Morgan fingerprint density at radius 1 is 0.575 bits per heavy atom. The first-order valence-corrected chi connectivity index (χ1v) is 15.4. The van der Waals surface area contributed by atoms with E-state index in [1.165, 1.54) is 16.7 Å². The number of halogens is 1. The second kappa shape index (κ2) is 11.2. The number of aromatic hydroxyl groups is 3. The van der Waals surface area contributed by atoms with Crippen molar-refractivity contribution in [1.82, 2.24) is 0 Å². The summed E-state index contributed by atoms with van der Waals surface area (Å²) >= 11 is 2.40. The van der Waals surface area contributed by atoms with Crippen molar-refractivity contribution in [2.75, 3.05) is 0 Å². The van der Waals surface area contributed by atoms with Gasteiger partial charge in [-0.15, -0.1) is 0 Å². The van der Waals surface area contributed by atoms with Crippen LogP contribution in [0.1, 0.15) is 131 Å². The highest BCUT2D eigenvalue weighted by atomic mass is 127. The van der Waals surface area contributed by atoms with E-state index in [-0.39, 0.29) is 26.1 Å². The maximum absolute atomic E-state index is 10.9. The average molecular weight is 657 g/mol. The molecule has 40 heavy (non-hydrogen) atoms. The number of rotatable bonds is 6. The number of alkyl halides is 1. The number of benzene rings is 3. The third-order valence-electron chi connectivity index (χ3n) is 8.28. The molecule has 0 aliphatic carbocycles. The second-order valence-corrected chi connectivity index (χ2v) is 17.0. The molecule has 0 radical (unpaired) electrons. The Labute approximate surface area is 256 Å². The van der Waals surface area contributed by atoms with Crippen molar-refractivity contribution in [3.63, 3.8) is 0 Å². The SMILES string of the molecule is Cc1cc(O)c(C(C)(C)C)cc1C(C)CC(c1cc(C(C)(C)C)c(O)cc1C)c1cc(C(C)(C)I)c(O)cc1C. The van der Waals surface area contributed by atoms with Gasteiger partial charge in [-0.05, 0) is 127 Å². The Balaban J connectivity index is 2.30. The van der Waals surface area contributed by atoms with Crippen LogP contribution in [0.25, 0.3) is 0 Å². The molecule has 0 fully saturated rings. The summed E-state index contributed by atoms with van der Waals surface area (Å²) in [6.45, 7) is 25.6. The molecule has 218 valence electrons. The normalized spacial score (nSPS) is 14.3. The van der Waals surface area contributed by atoms with E-state index in [9.17, 15) is 15.3 Å². The lowest BCUT2D eigenvalue weighted by Crippen LogP contribution is -2.17. The topological polar surface area (TPSA) is 60.7 Å². The van der Waals surface area contributed by atoms with Crippen molar-refractivity contribution in [3.05, 3.63) is 86.5 Å². The number of aryl methyl sites for hydroxylation is 3. The predicted octanol–water partition coefficient (Wildman–Crippen LogP) is 10.3. The molecule has 3 aromatic carbocycles. The summed E-state index contributed by atoms with van der Waals surface area (Å²) in [7, 11) is 0. The van der Waals surface area contributed by atoms with E-state index in [0.29, 0.717) is 17.2 Å². The van der Waals surface area contributed by atoms with Gasteiger partial charge in [-0.3, -0.25) is 0 Å². The molecule has 0 amide bonds. The molecule has 0 bridgehead atoms. The summed E-state index contributed by atoms with van der Waals surface area (Å²) < 4.78 is -0.240. The molecule has 0 aliphatic rings. The lowest BCUT2D eigenvalue weighted by Gasteiger charge is -2.31. The molecule has 3 nitrogen and oxygen atoms in total. The minimum Gasteiger partial charge on any atom is -0.508 e. The molecule has 3 aromatic rings. The fourth-order valence-electron chi connectivity index (χ4n) is 5.99. The van der Waals surface area contributed by atoms with Crippen LogP contribution in [0.3, 0.4) is 0 Å². The molecular formula is C36H49IO3. The fourth-order valence-corrected chi connectivity index (χ4v) is 6.42. The van der Waals surface area contributed by atoms with Crippen molar-refractivity contribution < 1.29 is 15.3 Å². The smallest absolute Gasteiger partial charge is 0.120 e. The Hall–Kier alpha value is -2.21. The van der Waals surface area contributed by atoms with Gasteiger partial charge in [0.2, 0.25) is 0 Å². The highest BCUT2D eigenvalue weighted by molar-refractivity contribution is 14.1. The number of hydrogen-bond acceptors (Lipinski definition) is 3. The van der Waals surface area contributed by atoms with Crippen LogP contribution in [0.15, 0.2) is 36.4 Å². The van der Waals surface area contributed by atoms with Crippen molar-refractivity contribution in [3.8, 4) is 17.2 Å². The second-order valence-electron chi connectivity index (χ2n) is 14.3. The van der Waals surface area contributed by atoms with Gasteiger partial charge in [0.25, 0.3) is 0 Å². The van der Waals surface area contributed by atoms with Gasteiger partial charge in [0, 0.05) is 14.9 Å². The minimum absolute atomic E-state index is 0.0427. The monoisotopic (exact) mass is 656 g/mol. The first-order chi connectivity index (χ1) is 18.1. The van der Waals surface area contributed by atoms with E-state index in [1.807, 2.05) is 18.2 Å². The van der Waals surface area contributed by atoms with Crippen molar-refractivity contribution in [2.24, 2.45) is 0 Å². The van der Waals surface area contributed by atoms with E-state index in [0.717, 1.165) is 39.8 Å². The standard InChI is InChI=1S/C36H49IO3/c1-20(24-17-28(34(5,6)7)31(38)14-21(24)2)13-27(25-18-29(35(8,9)10)32(39)15-22(25)3)26-19-30(36(11,12)37)33(40)16-23(26)4/h14-20,27,38-40H,13H2,1-12H3. The predicted molar refractivity (Wildman–Crippen MR) is 178 cm³/mol. The summed E-state index contributed by atoms with van der Waals surface area (Å²) in [5.41, 5.74) is 9.29. The van der Waals surface area contributed by atoms with Crippen LogP contribution in [0.2, 0.25) is 0 Å². The summed E-state index contributed by atoms with van der Waals surface area (Å²) in [6, 6.07) is 12.3. The molecule has 3 rings (SSSR count). The van der Waals surface area contributed by atoms with E-state index in [2.05, 4.69) is 124 Å². The van der Waals surface area contributed by atoms with Crippen LogP contribution in [0, 0.1) is 20.8 Å². The highest BCUT2D eigenvalue weighted by Gasteiger charge is 2.30. The molecule has 4 heteroatoms. The van der Waals surface area contributed by atoms with E-state index in [1.54, 1.807) is 0 Å². The first-order valence-electron chi connectivity index (χ1n) is 14.3. The third kappa shape index (κ3) is 6.80. The Kier molecular flexibility index (Phi) is 9.07. The van der Waals surface area contributed by atoms with Gasteiger partial charge in [-0.25, -0.2) is 0 Å². The Morgan fingerprint density at radius 3 is 1.27 bits per heavy atom. The quantitative estimate of drug-likeness (QED) is 0.183. The molecule has 3 N–H and O–H groups in total. The highest BCUT2D eigenvalue weighted by Crippen LogP contribution is 2.46. The van der Waals surface area contributed by atoms with Crippen LogP contribution in [-0.2, 0) is 14.3 Å². The van der Waals surface area contributed by atoms with Crippen molar-refractivity contribution >= 4 is 22.6 Å². The zero-order chi connectivity index (χ0) is 30.5. The van der Waals surface area contributed by atoms with E-state index >= 15 is 0 Å². The van der Waals surface area contributed by atoms with Crippen LogP contribution >= 0.6 is 22.6 Å². The molecule has 0 saturated carbocycles. The molecule has 0 heterocycles. The van der Waals surface area contributed by atoms with E-state index < -0.39 is 0 Å². The Morgan fingerprint density at radius 2 is 0.900 bits per heavy atom. The summed E-state index contributed by atoms with van der Waals surface area (Å²) in [6.07, 6.45) is 0.844. The van der Waals surface area contributed by atoms with Crippen LogP contribution < -0.4 is 0 Å². The van der Waals surface area contributed by atoms with Gasteiger partial charge in [0.15, 0.2) is 0 Å². The molecular weight excluding hydrogens is 607 g/mol. The molecule has 0 aliphatic heterocycles. The molecule has 0 aromatic heterocycles. The lowest BCUT2D eigenvalue weighted by molar-refractivity contribution is 0.445. The summed E-state index contributed by atoms with van der Waals surface area (Å²) in [4.78, 5) is 0. The number of hydrogen-bond donors (Lipinski definition) is 3. The third-order valence-corrected chi connectivity index (χ3v) is 8.86. The first kappa shape index (κ1) is 32.3. The van der Waals surface area contributed by atoms with Crippen LogP contribution in [0.5, 0.6) is 17.2 Å². The van der Waals surface area contributed by atoms with Gasteiger partial charge in [-0.1, -0.05) is 83.2 Å². The summed E-state index contributed by atoms with van der Waals surface area (Å²) in [5.74, 6) is 1.25. The lowest BCUT2D eigenvalue weighted by atomic mass is 9.74. The van der Waals surface area contributed by atoms with Crippen LogP contribution in [-0.4, -0.2) is 15.3 Å². The van der Waals surface area contributed by atoms with Gasteiger partial charge < -0.3 is 15.3 Å². The van der Waals surface area contributed by atoms with E-state index in [4.69, 9.17) is 0 Å². The Bertz CT molecular complexity index is 1330. The van der Waals surface area contributed by atoms with Gasteiger partial charge >= 0.3 is 0 Å². The molecule has 0 spiro atoms. The fraction of sp³-hybridized carbons (Fsp3) is 0.500. The summed E-state index contributed by atoms with van der Waals surface area (Å²) in [5, 5.41) is 32.6. The maximum atomic E-state index is 10.9. The van der Waals surface area contributed by atoms with Crippen molar-refractivity contribution in [2.45, 2.75) is 116 Å². The zero-order valence-corrected chi connectivity index (χ0v) is 28.7. The molecule has 2 unspecified atom stereocenters. The van der Waals surface area contributed by atoms with Gasteiger partial charge in [-0.2, -0.15) is 0 Å². The number of phenols is 3. The number of phenolic OH excluding ortho intramolecular Hbond substituents is 3. The minimum atomic E-state index is -0.240. The largest absolute Gasteiger partial charge is 0.508 e. The molecule has 0 saturated heterocycles.